The highest BCUT2D eigenvalue weighted by atomic mass is 16.3. The van der Waals surface area contributed by atoms with Crippen LogP contribution in [0.3, 0.4) is 0 Å². The van der Waals surface area contributed by atoms with Crippen molar-refractivity contribution in [3.8, 4) is 0 Å². The molecule has 0 bridgehead atoms. The molecule has 12 heavy (non-hydrogen) atoms. The molecule has 2 fully saturated rings. The van der Waals surface area contributed by atoms with Crippen molar-refractivity contribution in [1.82, 2.24) is 0 Å². The summed E-state index contributed by atoms with van der Waals surface area (Å²) in [6.45, 7) is 2.07. The van der Waals surface area contributed by atoms with Crippen LogP contribution < -0.4 is 0 Å². The molecule has 0 radical (unpaired) electrons. The molecule has 0 amide bonds. The first-order chi connectivity index (χ1) is 5.71. The summed E-state index contributed by atoms with van der Waals surface area (Å²) in [6, 6.07) is 0. The highest BCUT2D eigenvalue weighted by Crippen LogP contribution is 2.47. The molecule has 1 nitrogen and oxygen atoms in total. The van der Waals surface area contributed by atoms with Gasteiger partial charge in [0.25, 0.3) is 0 Å². The fraction of sp³-hybridized carbons (Fsp3) is 1.00. The molecule has 2 aliphatic carbocycles. The van der Waals surface area contributed by atoms with Crippen LogP contribution in [0.1, 0.15) is 51.9 Å². The van der Waals surface area contributed by atoms with Gasteiger partial charge in [-0.1, -0.05) is 19.3 Å². The van der Waals surface area contributed by atoms with Gasteiger partial charge in [0.05, 0.1) is 5.60 Å². The second-order valence-corrected chi connectivity index (χ2v) is 4.84. The van der Waals surface area contributed by atoms with Gasteiger partial charge < -0.3 is 5.11 Å². The second kappa shape index (κ2) is 3.02. The first-order valence-electron chi connectivity index (χ1n) is 5.43. The molecule has 0 unspecified atom stereocenters. The summed E-state index contributed by atoms with van der Waals surface area (Å²) in [5, 5.41) is 10.3. The Balaban J connectivity index is 1.95. The first kappa shape index (κ1) is 8.55. The third-order valence-electron chi connectivity index (χ3n) is 3.84. The van der Waals surface area contributed by atoms with Gasteiger partial charge in [-0.2, -0.15) is 0 Å². The Bertz CT molecular complexity index is 152. The molecule has 0 spiro atoms. The van der Waals surface area contributed by atoms with Crippen molar-refractivity contribution >= 4 is 0 Å². The van der Waals surface area contributed by atoms with Crippen molar-refractivity contribution in [2.75, 3.05) is 0 Å². The average Bonchev–Trinajstić information content (AvgIpc) is 2.88. The summed E-state index contributed by atoms with van der Waals surface area (Å²) < 4.78 is 0. The predicted octanol–water partition coefficient (Wildman–Crippen LogP) is 2.73. The van der Waals surface area contributed by atoms with Crippen molar-refractivity contribution in [3.05, 3.63) is 0 Å². The Morgan fingerprint density at radius 3 is 1.92 bits per heavy atom. The molecule has 0 aromatic heterocycles. The average molecular weight is 168 g/mol. The zero-order chi connectivity index (χ0) is 8.60. The Hall–Kier alpha value is -0.0400. The molecule has 2 saturated carbocycles. The van der Waals surface area contributed by atoms with Gasteiger partial charge in [0.15, 0.2) is 0 Å². The molecule has 0 aromatic rings. The van der Waals surface area contributed by atoms with Gasteiger partial charge in [0, 0.05) is 0 Å². The first-order valence-corrected chi connectivity index (χ1v) is 5.43. The molecule has 0 aromatic carbocycles. The van der Waals surface area contributed by atoms with Crippen LogP contribution in [0.4, 0.5) is 0 Å². The van der Waals surface area contributed by atoms with E-state index in [1.54, 1.807) is 0 Å². The highest BCUT2D eigenvalue weighted by molar-refractivity contribution is 4.96. The van der Waals surface area contributed by atoms with Crippen LogP contribution in [0.5, 0.6) is 0 Å². The lowest BCUT2D eigenvalue weighted by atomic mass is 9.75. The van der Waals surface area contributed by atoms with Crippen LogP contribution in [0.25, 0.3) is 0 Å². The van der Waals surface area contributed by atoms with Crippen molar-refractivity contribution < 1.29 is 5.11 Å². The SMILES string of the molecule is C[C@](O)(C1CCCCC1)C1CC1. The van der Waals surface area contributed by atoms with Crippen LogP contribution in [0.15, 0.2) is 0 Å². The number of aliphatic hydroxyl groups is 1. The summed E-state index contributed by atoms with van der Waals surface area (Å²) in [5.41, 5.74) is -0.319. The van der Waals surface area contributed by atoms with Crippen LogP contribution in [-0.4, -0.2) is 10.7 Å². The van der Waals surface area contributed by atoms with Crippen molar-refractivity contribution in [2.45, 2.75) is 57.5 Å². The molecule has 0 heterocycles. The topological polar surface area (TPSA) is 20.2 Å². The lowest BCUT2D eigenvalue weighted by Crippen LogP contribution is -2.38. The Morgan fingerprint density at radius 2 is 1.42 bits per heavy atom. The maximum Gasteiger partial charge on any atom is 0.0675 e. The van der Waals surface area contributed by atoms with E-state index in [0.717, 1.165) is 0 Å². The number of hydrogen-bond acceptors (Lipinski definition) is 1. The minimum Gasteiger partial charge on any atom is -0.390 e. The fourth-order valence-electron chi connectivity index (χ4n) is 2.69. The zero-order valence-corrected chi connectivity index (χ0v) is 8.05. The molecular formula is C11H20O. The van der Waals surface area contributed by atoms with Crippen LogP contribution in [-0.2, 0) is 0 Å². The molecule has 0 saturated heterocycles. The number of hydrogen-bond donors (Lipinski definition) is 1. The minimum absolute atomic E-state index is 0.319. The molecule has 2 aliphatic rings. The smallest absolute Gasteiger partial charge is 0.0675 e. The molecule has 1 atom stereocenters. The lowest BCUT2D eigenvalue weighted by Gasteiger charge is -2.35. The molecule has 70 valence electrons. The minimum atomic E-state index is -0.319. The van der Waals surface area contributed by atoms with Gasteiger partial charge in [0.1, 0.15) is 0 Å². The normalized spacial score (nSPS) is 31.5. The van der Waals surface area contributed by atoms with Gasteiger partial charge >= 0.3 is 0 Å². The monoisotopic (exact) mass is 168 g/mol. The summed E-state index contributed by atoms with van der Waals surface area (Å²) in [7, 11) is 0. The summed E-state index contributed by atoms with van der Waals surface area (Å²) in [5.74, 6) is 1.25. The van der Waals surface area contributed by atoms with E-state index >= 15 is 0 Å². The lowest BCUT2D eigenvalue weighted by molar-refractivity contribution is -0.0357. The second-order valence-electron chi connectivity index (χ2n) is 4.84. The van der Waals surface area contributed by atoms with Crippen LogP contribution in [0, 0.1) is 11.8 Å². The molecule has 0 aliphatic heterocycles. The van der Waals surface area contributed by atoms with Crippen molar-refractivity contribution in [3.63, 3.8) is 0 Å². The zero-order valence-electron chi connectivity index (χ0n) is 8.05. The number of rotatable bonds is 2. The van der Waals surface area contributed by atoms with E-state index in [1.165, 1.54) is 44.9 Å². The third kappa shape index (κ3) is 1.52. The van der Waals surface area contributed by atoms with Gasteiger partial charge in [0.2, 0.25) is 0 Å². The summed E-state index contributed by atoms with van der Waals surface area (Å²) in [4.78, 5) is 0. The standard InChI is InChI=1S/C11H20O/c1-11(12,10-7-8-10)9-5-3-2-4-6-9/h9-10,12H,2-8H2,1H3/t11-/m0/s1. The molecular weight excluding hydrogens is 148 g/mol. The largest absolute Gasteiger partial charge is 0.390 e. The van der Waals surface area contributed by atoms with E-state index in [4.69, 9.17) is 0 Å². The molecule has 2 rings (SSSR count). The van der Waals surface area contributed by atoms with Crippen molar-refractivity contribution in [1.29, 1.82) is 0 Å². The fourth-order valence-corrected chi connectivity index (χ4v) is 2.69. The van der Waals surface area contributed by atoms with Gasteiger partial charge in [-0.25, -0.2) is 0 Å². The van der Waals surface area contributed by atoms with E-state index in [2.05, 4.69) is 6.92 Å². The van der Waals surface area contributed by atoms with Crippen LogP contribution in [0.2, 0.25) is 0 Å². The quantitative estimate of drug-likeness (QED) is 0.672. The predicted molar refractivity (Wildman–Crippen MR) is 49.9 cm³/mol. The molecule has 1 N–H and O–H groups in total. The highest BCUT2D eigenvalue weighted by Gasteiger charge is 2.45. The van der Waals surface area contributed by atoms with Crippen LogP contribution >= 0.6 is 0 Å². The molecule has 1 heteroatoms. The van der Waals surface area contributed by atoms with Gasteiger partial charge in [-0.15, -0.1) is 0 Å². The maximum atomic E-state index is 10.3. The Kier molecular flexibility index (Phi) is 2.16. The van der Waals surface area contributed by atoms with E-state index < -0.39 is 0 Å². The van der Waals surface area contributed by atoms with E-state index in [1.807, 2.05) is 0 Å². The van der Waals surface area contributed by atoms with E-state index in [0.29, 0.717) is 11.8 Å². The third-order valence-corrected chi connectivity index (χ3v) is 3.84. The Labute approximate surface area is 75.2 Å². The summed E-state index contributed by atoms with van der Waals surface area (Å²) >= 11 is 0. The van der Waals surface area contributed by atoms with Gasteiger partial charge in [-0.05, 0) is 44.4 Å². The van der Waals surface area contributed by atoms with E-state index in [-0.39, 0.29) is 5.60 Å². The van der Waals surface area contributed by atoms with Gasteiger partial charge in [-0.3, -0.25) is 0 Å². The van der Waals surface area contributed by atoms with Crippen molar-refractivity contribution in [2.24, 2.45) is 11.8 Å². The summed E-state index contributed by atoms with van der Waals surface area (Å²) in [6.07, 6.45) is 9.14. The maximum absolute atomic E-state index is 10.3. The Morgan fingerprint density at radius 1 is 0.917 bits per heavy atom. The van der Waals surface area contributed by atoms with E-state index in [9.17, 15) is 5.11 Å².